The molecule has 0 aliphatic heterocycles. The molecule has 13 heteroatoms. The monoisotopic (exact) mass is 376 g/mol. The van der Waals surface area contributed by atoms with Crippen molar-refractivity contribution in [3.63, 3.8) is 0 Å². The van der Waals surface area contributed by atoms with Gasteiger partial charge in [0.1, 0.15) is 5.69 Å². The zero-order valence-corrected chi connectivity index (χ0v) is 12.2. The van der Waals surface area contributed by atoms with Gasteiger partial charge in [-0.05, 0) is 6.07 Å². The van der Waals surface area contributed by atoms with Gasteiger partial charge in [0, 0.05) is 6.07 Å². The van der Waals surface area contributed by atoms with Crippen molar-refractivity contribution in [2.24, 2.45) is 5.10 Å². The average Bonchev–Trinajstić information content (AvgIpc) is 2.61. The number of nitro groups is 2. The minimum atomic E-state index is -2.35. The van der Waals surface area contributed by atoms with E-state index in [1.54, 1.807) is 0 Å². The molecule has 26 heavy (non-hydrogen) atoms. The van der Waals surface area contributed by atoms with Gasteiger partial charge in [0.05, 0.1) is 27.7 Å². The average molecular weight is 376 g/mol. The Morgan fingerprint density at radius 3 is 1.92 bits per heavy atom. The van der Waals surface area contributed by atoms with E-state index >= 15 is 0 Å². The summed E-state index contributed by atoms with van der Waals surface area (Å²) in [6, 6.07) is 2.35. The predicted molar refractivity (Wildman–Crippen MR) is 77.2 cm³/mol. The highest BCUT2D eigenvalue weighted by Gasteiger charge is 2.25. The number of hydrazone groups is 1. The molecule has 0 saturated heterocycles. The molecular formula is C13H5F5N4O4. The second kappa shape index (κ2) is 7.08. The molecule has 0 heterocycles. The van der Waals surface area contributed by atoms with E-state index in [1.807, 2.05) is 5.43 Å². The molecular weight excluding hydrogens is 371 g/mol. The lowest BCUT2D eigenvalue weighted by atomic mass is 10.2. The summed E-state index contributed by atoms with van der Waals surface area (Å²) >= 11 is 0. The van der Waals surface area contributed by atoms with Gasteiger partial charge in [0.15, 0.2) is 23.3 Å². The van der Waals surface area contributed by atoms with Crippen LogP contribution in [0, 0.1) is 49.3 Å². The number of hydrogen-bond donors (Lipinski definition) is 1. The van der Waals surface area contributed by atoms with Crippen molar-refractivity contribution in [3.8, 4) is 0 Å². The first kappa shape index (κ1) is 18.7. The van der Waals surface area contributed by atoms with Gasteiger partial charge in [0.25, 0.3) is 5.69 Å². The van der Waals surface area contributed by atoms with E-state index in [9.17, 15) is 42.2 Å². The van der Waals surface area contributed by atoms with Gasteiger partial charge in [-0.1, -0.05) is 0 Å². The third-order valence-corrected chi connectivity index (χ3v) is 3.01. The first-order valence-electron chi connectivity index (χ1n) is 6.38. The molecule has 2 rings (SSSR count). The normalized spacial score (nSPS) is 11.0. The van der Waals surface area contributed by atoms with Gasteiger partial charge in [-0.2, -0.15) is 5.10 Å². The molecule has 1 N–H and O–H groups in total. The summed E-state index contributed by atoms with van der Waals surface area (Å²) in [6.07, 6.45) is 0.224. The number of nitrogens with zero attached hydrogens (tertiary/aromatic N) is 3. The van der Waals surface area contributed by atoms with E-state index in [4.69, 9.17) is 0 Å². The zero-order chi connectivity index (χ0) is 19.6. The highest BCUT2D eigenvalue weighted by Crippen LogP contribution is 2.29. The molecule has 0 unspecified atom stereocenters. The Kier molecular flexibility index (Phi) is 5.09. The van der Waals surface area contributed by atoms with E-state index < -0.39 is 61.6 Å². The molecule has 2 aromatic carbocycles. The first-order valence-corrected chi connectivity index (χ1v) is 6.38. The molecule has 0 radical (unpaired) electrons. The van der Waals surface area contributed by atoms with Crippen LogP contribution >= 0.6 is 0 Å². The third-order valence-electron chi connectivity index (χ3n) is 3.01. The SMILES string of the molecule is O=[N+]([O-])c1ccc(NN=Cc2c(F)c(F)c(F)c(F)c2F)c([N+](=O)[O-])c1. The number of halogens is 5. The van der Waals surface area contributed by atoms with Crippen LogP contribution in [0.1, 0.15) is 5.56 Å². The molecule has 8 nitrogen and oxygen atoms in total. The van der Waals surface area contributed by atoms with Crippen LogP contribution in [0.3, 0.4) is 0 Å². The van der Waals surface area contributed by atoms with Crippen LogP contribution in [0.2, 0.25) is 0 Å². The molecule has 2 aromatic rings. The van der Waals surface area contributed by atoms with Crippen molar-refractivity contribution in [3.05, 3.63) is 73.1 Å². The Morgan fingerprint density at radius 1 is 0.885 bits per heavy atom. The molecule has 0 bridgehead atoms. The van der Waals surface area contributed by atoms with Crippen LogP contribution in [0.25, 0.3) is 0 Å². The predicted octanol–water partition coefficient (Wildman–Crippen LogP) is 3.64. The lowest BCUT2D eigenvalue weighted by molar-refractivity contribution is -0.393. The van der Waals surface area contributed by atoms with Crippen LogP contribution < -0.4 is 5.43 Å². The van der Waals surface area contributed by atoms with Crippen molar-refractivity contribution in [1.29, 1.82) is 0 Å². The second-order valence-electron chi connectivity index (χ2n) is 4.57. The van der Waals surface area contributed by atoms with Gasteiger partial charge in [-0.15, -0.1) is 0 Å². The fraction of sp³-hybridized carbons (Fsp3) is 0. The summed E-state index contributed by atoms with van der Waals surface area (Å²) in [4.78, 5) is 19.6. The Labute approximate surface area is 139 Å². The van der Waals surface area contributed by atoms with Crippen molar-refractivity contribution in [2.45, 2.75) is 0 Å². The standard InChI is InChI=1S/C13H5F5N4O4/c14-9-6(10(15)12(17)13(18)11(9)16)4-19-20-7-2-1-5(21(23)24)3-8(7)22(25)26/h1-4,20H. The number of hydrogen-bond acceptors (Lipinski definition) is 6. The van der Waals surface area contributed by atoms with Crippen molar-refractivity contribution >= 4 is 23.3 Å². The molecule has 0 fully saturated rings. The van der Waals surface area contributed by atoms with Crippen LogP contribution in [0.4, 0.5) is 39.0 Å². The molecule has 0 aliphatic rings. The van der Waals surface area contributed by atoms with E-state index in [0.29, 0.717) is 6.07 Å². The summed E-state index contributed by atoms with van der Waals surface area (Å²) in [6.45, 7) is 0. The van der Waals surface area contributed by atoms with Crippen LogP contribution in [0.15, 0.2) is 23.3 Å². The van der Waals surface area contributed by atoms with Crippen molar-refractivity contribution < 1.29 is 31.8 Å². The quantitative estimate of drug-likeness (QED) is 0.214. The van der Waals surface area contributed by atoms with Gasteiger partial charge in [0.2, 0.25) is 5.82 Å². The molecule has 136 valence electrons. The fourth-order valence-corrected chi connectivity index (χ4v) is 1.78. The lowest BCUT2D eigenvalue weighted by Crippen LogP contribution is -2.07. The van der Waals surface area contributed by atoms with Gasteiger partial charge < -0.3 is 0 Å². The number of non-ortho nitro benzene ring substituents is 1. The zero-order valence-electron chi connectivity index (χ0n) is 12.2. The Morgan fingerprint density at radius 2 is 1.42 bits per heavy atom. The number of nitrogens with one attached hydrogen (secondary N) is 1. The Balaban J connectivity index is 2.38. The Hall–Kier alpha value is -3.64. The largest absolute Gasteiger partial charge is 0.301 e. The minimum Gasteiger partial charge on any atom is -0.272 e. The molecule has 0 saturated carbocycles. The fourth-order valence-electron chi connectivity index (χ4n) is 1.78. The van der Waals surface area contributed by atoms with E-state index in [1.165, 1.54) is 0 Å². The summed E-state index contributed by atoms with van der Waals surface area (Å²) in [5.74, 6) is -11.0. The molecule has 0 aromatic heterocycles. The van der Waals surface area contributed by atoms with Gasteiger partial charge >= 0.3 is 5.69 Å². The maximum atomic E-state index is 13.5. The maximum Gasteiger partial charge on any atom is 0.301 e. The molecule has 0 amide bonds. The maximum absolute atomic E-state index is 13.5. The van der Waals surface area contributed by atoms with E-state index in [-0.39, 0.29) is 6.21 Å². The van der Waals surface area contributed by atoms with Gasteiger partial charge in [-0.25, -0.2) is 22.0 Å². The third kappa shape index (κ3) is 3.40. The topological polar surface area (TPSA) is 111 Å². The van der Waals surface area contributed by atoms with Crippen LogP contribution in [-0.2, 0) is 0 Å². The smallest absolute Gasteiger partial charge is 0.272 e. The minimum absolute atomic E-state index is 0.224. The van der Waals surface area contributed by atoms with Gasteiger partial charge in [-0.3, -0.25) is 25.7 Å². The lowest BCUT2D eigenvalue weighted by Gasteiger charge is -2.05. The second-order valence-corrected chi connectivity index (χ2v) is 4.57. The number of anilines is 1. The molecule has 0 aliphatic carbocycles. The number of nitro benzene ring substituents is 2. The first-order chi connectivity index (χ1) is 12.1. The highest BCUT2D eigenvalue weighted by molar-refractivity contribution is 5.81. The summed E-state index contributed by atoms with van der Waals surface area (Å²) in [7, 11) is 0. The van der Waals surface area contributed by atoms with Crippen LogP contribution in [-0.4, -0.2) is 16.1 Å². The number of rotatable bonds is 5. The number of benzene rings is 2. The van der Waals surface area contributed by atoms with E-state index in [0.717, 1.165) is 12.1 Å². The highest BCUT2D eigenvalue weighted by atomic mass is 19.2. The molecule has 0 spiro atoms. The molecule has 0 atom stereocenters. The van der Waals surface area contributed by atoms with E-state index in [2.05, 4.69) is 5.10 Å². The van der Waals surface area contributed by atoms with Crippen molar-refractivity contribution in [2.75, 3.05) is 5.43 Å². The summed E-state index contributed by atoms with van der Waals surface area (Å²) in [5, 5.41) is 24.7. The Bertz CT molecular complexity index is 922. The van der Waals surface area contributed by atoms with Crippen LogP contribution in [0.5, 0.6) is 0 Å². The summed E-state index contributed by atoms with van der Waals surface area (Å²) in [5.41, 5.74) is -1.25. The summed E-state index contributed by atoms with van der Waals surface area (Å²) < 4.78 is 65.9. The van der Waals surface area contributed by atoms with Crippen molar-refractivity contribution in [1.82, 2.24) is 0 Å².